The van der Waals surface area contributed by atoms with Crippen LogP contribution in [0.1, 0.15) is 31.9 Å². The SMILES string of the molecule is CCNC(=O)C(C)N(Cc1ccc(C)cc1)C(=O)CN(c1ccc(OCC)cc1)S(=O)(=O)c1ccc(Br)cc1. The normalized spacial score (nSPS) is 11.9. The van der Waals surface area contributed by atoms with Gasteiger partial charge in [-0.05, 0) is 81.8 Å². The third kappa shape index (κ3) is 7.83. The summed E-state index contributed by atoms with van der Waals surface area (Å²) >= 11 is 3.33. The summed E-state index contributed by atoms with van der Waals surface area (Å²) in [6.45, 7) is 7.78. The molecule has 3 rings (SSSR count). The number of anilines is 1. The molecular formula is C29H34BrN3O5S. The van der Waals surface area contributed by atoms with Crippen LogP contribution in [0, 0.1) is 6.92 Å². The van der Waals surface area contributed by atoms with Crippen molar-refractivity contribution in [2.45, 2.75) is 45.2 Å². The summed E-state index contributed by atoms with van der Waals surface area (Å²) < 4.78 is 35.0. The van der Waals surface area contributed by atoms with Gasteiger partial charge in [0.2, 0.25) is 11.8 Å². The first-order valence-corrected chi connectivity index (χ1v) is 14.9. The van der Waals surface area contributed by atoms with E-state index in [9.17, 15) is 18.0 Å². The van der Waals surface area contributed by atoms with Gasteiger partial charge in [-0.2, -0.15) is 0 Å². The first kappa shape index (κ1) is 30.2. The van der Waals surface area contributed by atoms with Crippen molar-refractivity contribution < 1.29 is 22.7 Å². The van der Waals surface area contributed by atoms with Gasteiger partial charge in [0.15, 0.2) is 0 Å². The molecule has 0 saturated carbocycles. The van der Waals surface area contributed by atoms with E-state index in [2.05, 4.69) is 21.2 Å². The number of sulfonamides is 1. The Morgan fingerprint density at radius 1 is 0.949 bits per heavy atom. The molecule has 0 saturated heterocycles. The summed E-state index contributed by atoms with van der Waals surface area (Å²) in [6, 6.07) is 19.6. The second-order valence-corrected chi connectivity index (χ2v) is 11.7. The number of halogens is 1. The Morgan fingerprint density at radius 2 is 1.56 bits per heavy atom. The third-order valence-electron chi connectivity index (χ3n) is 6.11. The molecule has 0 aliphatic carbocycles. The number of nitrogens with one attached hydrogen (secondary N) is 1. The first-order chi connectivity index (χ1) is 18.6. The maximum Gasteiger partial charge on any atom is 0.264 e. The minimum Gasteiger partial charge on any atom is -0.494 e. The standard InChI is InChI=1S/C29H34BrN3O5S/c1-5-31-29(35)22(4)32(19-23-9-7-21(3)8-10-23)28(34)20-33(25-13-15-26(16-14-25)38-6-2)39(36,37)27-17-11-24(30)12-18-27/h7-18,22H,5-6,19-20H2,1-4H3,(H,31,35). The fourth-order valence-electron chi connectivity index (χ4n) is 3.93. The summed E-state index contributed by atoms with van der Waals surface area (Å²) in [5, 5.41) is 2.76. The topological polar surface area (TPSA) is 96.0 Å². The Morgan fingerprint density at radius 3 is 2.13 bits per heavy atom. The van der Waals surface area contributed by atoms with Gasteiger partial charge in [-0.15, -0.1) is 0 Å². The molecule has 0 aromatic heterocycles. The molecule has 2 amide bonds. The summed E-state index contributed by atoms with van der Waals surface area (Å²) in [5.41, 5.74) is 2.19. The van der Waals surface area contributed by atoms with Gasteiger partial charge in [0.1, 0.15) is 18.3 Å². The molecule has 39 heavy (non-hydrogen) atoms. The van der Waals surface area contributed by atoms with Crippen molar-refractivity contribution in [3.05, 3.63) is 88.4 Å². The van der Waals surface area contributed by atoms with Crippen LogP contribution < -0.4 is 14.4 Å². The van der Waals surface area contributed by atoms with Crippen molar-refractivity contribution in [1.29, 1.82) is 0 Å². The summed E-state index contributed by atoms with van der Waals surface area (Å²) in [6.07, 6.45) is 0. The highest BCUT2D eigenvalue weighted by Gasteiger charge is 2.32. The minimum absolute atomic E-state index is 0.0363. The number of ether oxygens (including phenoxy) is 1. The van der Waals surface area contributed by atoms with E-state index in [0.717, 1.165) is 19.9 Å². The van der Waals surface area contributed by atoms with Gasteiger partial charge in [0.05, 0.1) is 17.2 Å². The maximum atomic E-state index is 13.9. The van der Waals surface area contributed by atoms with Crippen molar-refractivity contribution >= 4 is 43.5 Å². The smallest absolute Gasteiger partial charge is 0.264 e. The lowest BCUT2D eigenvalue weighted by Gasteiger charge is -2.32. The molecule has 1 atom stereocenters. The molecular weight excluding hydrogens is 582 g/mol. The van der Waals surface area contributed by atoms with Crippen LogP contribution in [0.3, 0.4) is 0 Å². The summed E-state index contributed by atoms with van der Waals surface area (Å²) in [7, 11) is -4.14. The number of hydrogen-bond acceptors (Lipinski definition) is 5. The largest absolute Gasteiger partial charge is 0.494 e. The van der Waals surface area contributed by atoms with Crippen LogP contribution >= 0.6 is 15.9 Å². The molecule has 8 nitrogen and oxygen atoms in total. The average Bonchev–Trinajstić information content (AvgIpc) is 2.92. The molecule has 3 aromatic carbocycles. The summed E-state index contributed by atoms with van der Waals surface area (Å²) in [4.78, 5) is 28.1. The molecule has 1 N–H and O–H groups in total. The van der Waals surface area contributed by atoms with Crippen LogP contribution in [0.4, 0.5) is 5.69 Å². The van der Waals surface area contributed by atoms with Crippen molar-refractivity contribution in [2.75, 3.05) is 24.0 Å². The lowest BCUT2D eigenvalue weighted by Crippen LogP contribution is -2.51. The van der Waals surface area contributed by atoms with Crippen molar-refractivity contribution in [2.24, 2.45) is 0 Å². The molecule has 208 valence electrons. The molecule has 3 aromatic rings. The lowest BCUT2D eigenvalue weighted by molar-refractivity contribution is -0.139. The van der Waals surface area contributed by atoms with Crippen LogP contribution in [0.2, 0.25) is 0 Å². The molecule has 1 unspecified atom stereocenters. The number of rotatable bonds is 12. The number of aryl methyl sites for hydroxylation is 1. The van der Waals surface area contributed by atoms with E-state index in [1.807, 2.05) is 38.1 Å². The van der Waals surface area contributed by atoms with Crippen LogP contribution in [0.5, 0.6) is 5.75 Å². The van der Waals surface area contributed by atoms with E-state index in [0.29, 0.717) is 24.6 Å². The molecule has 0 aliphatic heterocycles. The third-order valence-corrected chi connectivity index (χ3v) is 8.42. The molecule has 0 fully saturated rings. The zero-order valence-electron chi connectivity index (χ0n) is 22.6. The number of carbonyl (C=O) groups excluding carboxylic acids is 2. The second kappa shape index (κ2) is 13.6. The number of likely N-dealkylation sites (N-methyl/N-ethyl adjacent to an activating group) is 1. The van der Waals surface area contributed by atoms with Gasteiger partial charge >= 0.3 is 0 Å². The van der Waals surface area contributed by atoms with Crippen molar-refractivity contribution in [1.82, 2.24) is 10.2 Å². The van der Waals surface area contributed by atoms with Gasteiger partial charge in [-0.3, -0.25) is 13.9 Å². The number of benzene rings is 3. The summed E-state index contributed by atoms with van der Waals surface area (Å²) in [5.74, 6) is -0.246. The zero-order chi connectivity index (χ0) is 28.6. The molecule has 0 bridgehead atoms. The molecule has 0 spiro atoms. The number of amides is 2. The fourth-order valence-corrected chi connectivity index (χ4v) is 5.61. The van der Waals surface area contributed by atoms with Crippen LogP contribution in [-0.2, 0) is 26.2 Å². The second-order valence-electron chi connectivity index (χ2n) is 8.97. The number of carbonyl (C=O) groups is 2. The highest BCUT2D eigenvalue weighted by Crippen LogP contribution is 2.27. The average molecular weight is 617 g/mol. The quantitative estimate of drug-likeness (QED) is 0.312. The van der Waals surface area contributed by atoms with E-state index >= 15 is 0 Å². The highest BCUT2D eigenvalue weighted by molar-refractivity contribution is 9.10. The van der Waals surface area contributed by atoms with Crippen molar-refractivity contribution in [3.63, 3.8) is 0 Å². The Kier molecular flexibility index (Phi) is 10.5. The Bertz CT molecular complexity index is 1360. The predicted octanol–water partition coefficient (Wildman–Crippen LogP) is 4.90. The maximum absolute atomic E-state index is 13.9. The molecule has 0 heterocycles. The number of nitrogens with zero attached hydrogens (tertiary/aromatic N) is 2. The van der Waals surface area contributed by atoms with Gasteiger partial charge in [0.25, 0.3) is 10.0 Å². The zero-order valence-corrected chi connectivity index (χ0v) is 25.0. The van der Waals surface area contributed by atoms with E-state index in [4.69, 9.17) is 4.74 Å². The van der Waals surface area contributed by atoms with Crippen LogP contribution in [-0.4, -0.2) is 50.9 Å². The van der Waals surface area contributed by atoms with E-state index < -0.39 is 28.5 Å². The monoisotopic (exact) mass is 615 g/mol. The lowest BCUT2D eigenvalue weighted by atomic mass is 10.1. The van der Waals surface area contributed by atoms with Gasteiger partial charge in [-0.1, -0.05) is 45.8 Å². The van der Waals surface area contributed by atoms with Gasteiger partial charge in [0, 0.05) is 17.6 Å². The van der Waals surface area contributed by atoms with Crippen LogP contribution in [0.25, 0.3) is 0 Å². The predicted molar refractivity (Wildman–Crippen MR) is 156 cm³/mol. The van der Waals surface area contributed by atoms with E-state index in [1.165, 1.54) is 17.0 Å². The first-order valence-electron chi connectivity index (χ1n) is 12.7. The minimum atomic E-state index is -4.14. The molecule has 10 heteroatoms. The Hall–Kier alpha value is -3.37. The molecule has 0 aliphatic rings. The fraction of sp³-hybridized carbons (Fsp3) is 0.310. The van der Waals surface area contributed by atoms with E-state index in [1.54, 1.807) is 50.2 Å². The van der Waals surface area contributed by atoms with Crippen LogP contribution in [0.15, 0.2) is 82.2 Å². The Balaban J connectivity index is 2.02. The molecule has 0 radical (unpaired) electrons. The van der Waals surface area contributed by atoms with Crippen molar-refractivity contribution in [3.8, 4) is 5.75 Å². The Labute approximate surface area is 239 Å². The van der Waals surface area contributed by atoms with E-state index in [-0.39, 0.29) is 17.3 Å². The highest BCUT2D eigenvalue weighted by atomic mass is 79.9. The number of hydrogen-bond donors (Lipinski definition) is 1. The van der Waals surface area contributed by atoms with Gasteiger partial charge < -0.3 is 15.0 Å². The van der Waals surface area contributed by atoms with Gasteiger partial charge in [-0.25, -0.2) is 8.42 Å².